The van der Waals surface area contributed by atoms with Gasteiger partial charge in [-0.05, 0) is 43.7 Å². The summed E-state index contributed by atoms with van der Waals surface area (Å²) in [6.45, 7) is 3.60. The largest absolute Gasteiger partial charge is 0.494 e. The molecule has 0 aliphatic heterocycles. The summed E-state index contributed by atoms with van der Waals surface area (Å²) in [6.07, 6.45) is 0. The van der Waals surface area contributed by atoms with Crippen molar-refractivity contribution in [3.63, 3.8) is 0 Å². The predicted molar refractivity (Wildman–Crippen MR) is 94.0 cm³/mol. The number of methoxy groups -OCH3 is 1. The quantitative estimate of drug-likeness (QED) is 0.822. The van der Waals surface area contributed by atoms with Gasteiger partial charge in [0.1, 0.15) is 0 Å². The molecule has 0 aliphatic rings. The second-order valence-electron chi connectivity index (χ2n) is 5.47. The number of carbonyl (C=O) groups excluding carboxylic acids is 1. The highest BCUT2D eigenvalue weighted by atomic mass is 35.5. The average molecular weight is 351 g/mol. The van der Waals surface area contributed by atoms with Gasteiger partial charge in [0.2, 0.25) is 5.91 Å². The molecule has 0 aromatic heterocycles. The van der Waals surface area contributed by atoms with E-state index in [0.717, 1.165) is 5.56 Å². The van der Waals surface area contributed by atoms with E-state index in [-0.39, 0.29) is 17.7 Å². The van der Waals surface area contributed by atoms with E-state index in [2.05, 4.69) is 10.6 Å². The molecular weight excluding hydrogens is 331 g/mol. The summed E-state index contributed by atoms with van der Waals surface area (Å²) in [5.74, 6) is -0.462. The Morgan fingerprint density at radius 1 is 1.21 bits per heavy atom. The van der Waals surface area contributed by atoms with Crippen LogP contribution in [-0.4, -0.2) is 19.1 Å². The summed E-state index contributed by atoms with van der Waals surface area (Å²) in [6, 6.07) is 11.1. The monoisotopic (exact) mass is 350 g/mol. The average Bonchev–Trinajstić information content (AvgIpc) is 2.56. The lowest BCUT2D eigenvalue weighted by molar-refractivity contribution is -0.117. The molecule has 0 heterocycles. The number of para-hydroxylation sites is 1. The van der Waals surface area contributed by atoms with Gasteiger partial charge in [-0.2, -0.15) is 0 Å². The van der Waals surface area contributed by atoms with E-state index < -0.39 is 11.9 Å². The van der Waals surface area contributed by atoms with Crippen LogP contribution in [0.15, 0.2) is 42.5 Å². The van der Waals surface area contributed by atoms with Crippen molar-refractivity contribution >= 4 is 23.2 Å². The van der Waals surface area contributed by atoms with E-state index >= 15 is 0 Å². The van der Waals surface area contributed by atoms with Crippen molar-refractivity contribution in [3.05, 3.63) is 58.9 Å². The number of nitrogens with one attached hydrogen (secondary N) is 2. The third-order valence-corrected chi connectivity index (χ3v) is 4.03. The van der Waals surface area contributed by atoms with E-state index in [1.165, 1.54) is 13.2 Å². The van der Waals surface area contributed by atoms with Gasteiger partial charge in [0, 0.05) is 6.04 Å². The van der Waals surface area contributed by atoms with E-state index in [0.29, 0.717) is 10.7 Å². The SMILES string of the molecule is COc1ccc([C@H](C)N[C@H](C)C(=O)Nc2ccccc2Cl)cc1F. The highest BCUT2D eigenvalue weighted by Crippen LogP contribution is 2.23. The van der Waals surface area contributed by atoms with Crippen LogP contribution in [0.4, 0.5) is 10.1 Å². The van der Waals surface area contributed by atoms with Gasteiger partial charge in [0.15, 0.2) is 11.6 Å². The molecule has 2 N–H and O–H groups in total. The number of benzene rings is 2. The Morgan fingerprint density at radius 2 is 1.92 bits per heavy atom. The van der Waals surface area contributed by atoms with Crippen LogP contribution in [0.2, 0.25) is 5.02 Å². The van der Waals surface area contributed by atoms with E-state index in [1.54, 1.807) is 43.3 Å². The molecule has 0 spiro atoms. The Balaban J connectivity index is 2.00. The Hall–Kier alpha value is -2.11. The molecule has 6 heteroatoms. The number of anilines is 1. The number of halogens is 2. The van der Waals surface area contributed by atoms with Crippen LogP contribution >= 0.6 is 11.6 Å². The summed E-state index contributed by atoms with van der Waals surface area (Å²) in [5, 5.41) is 6.38. The van der Waals surface area contributed by atoms with Gasteiger partial charge in [-0.3, -0.25) is 10.1 Å². The molecule has 0 radical (unpaired) electrons. The minimum Gasteiger partial charge on any atom is -0.494 e. The van der Waals surface area contributed by atoms with Gasteiger partial charge in [-0.25, -0.2) is 4.39 Å². The zero-order valence-electron chi connectivity index (χ0n) is 13.8. The number of hydrogen-bond acceptors (Lipinski definition) is 3. The van der Waals surface area contributed by atoms with Gasteiger partial charge >= 0.3 is 0 Å². The maximum absolute atomic E-state index is 13.8. The zero-order chi connectivity index (χ0) is 17.7. The number of hydrogen-bond donors (Lipinski definition) is 2. The molecule has 128 valence electrons. The van der Waals surface area contributed by atoms with Crippen LogP contribution in [0.5, 0.6) is 5.75 Å². The topological polar surface area (TPSA) is 50.4 Å². The first kappa shape index (κ1) is 18.2. The minimum atomic E-state index is -0.485. The Bertz CT molecular complexity index is 724. The maximum atomic E-state index is 13.8. The molecule has 0 bridgehead atoms. The fourth-order valence-electron chi connectivity index (χ4n) is 2.30. The predicted octanol–water partition coefficient (Wildman–Crippen LogP) is 4.17. The second-order valence-corrected chi connectivity index (χ2v) is 5.88. The van der Waals surface area contributed by atoms with Crippen molar-refractivity contribution in [2.45, 2.75) is 25.9 Å². The molecule has 2 rings (SSSR count). The summed E-state index contributed by atoms with van der Waals surface area (Å²) >= 11 is 6.03. The first-order chi connectivity index (χ1) is 11.4. The zero-order valence-corrected chi connectivity index (χ0v) is 14.5. The molecule has 0 fully saturated rings. The van der Waals surface area contributed by atoms with Gasteiger partial charge in [0.25, 0.3) is 0 Å². The van der Waals surface area contributed by atoms with E-state index in [4.69, 9.17) is 16.3 Å². The molecular formula is C18H20ClFN2O2. The number of amides is 1. The molecule has 2 atom stereocenters. The second kappa shape index (κ2) is 8.13. The van der Waals surface area contributed by atoms with Crippen molar-refractivity contribution in [1.29, 1.82) is 0 Å². The van der Waals surface area contributed by atoms with Crippen LogP contribution in [-0.2, 0) is 4.79 Å². The third kappa shape index (κ3) is 4.46. The molecule has 24 heavy (non-hydrogen) atoms. The summed E-state index contributed by atoms with van der Waals surface area (Å²) < 4.78 is 18.7. The normalized spacial score (nSPS) is 13.2. The fourth-order valence-corrected chi connectivity index (χ4v) is 2.49. The van der Waals surface area contributed by atoms with Crippen molar-refractivity contribution in [2.24, 2.45) is 0 Å². The first-order valence-corrected chi connectivity index (χ1v) is 7.95. The number of carbonyl (C=O) groups is 1. The number of rotatable bonds is 6. The summed E-state index contributed by atoms with van der Waals surface area (Å²) in [5.41, 5.74) is 1.28. The lowest BCUT2D eigenvalue weighted by atomic mass is 10.1. The molecule has 0 unspecified atom stereocenters. The molecule has 4 nitrogen and oxygen atoms in total. The van der Waals surface area contributed by atoms with Gasteiger partial charge in [0.05, 0.1) is 23.9 Å². The van der Waals surface area contributed by atoms with Crippen molar-refractivity contribution in [2.75, 3.05) is 12.4 Å². The van der Waals surface area contributed by atoms with Crippen molar-refractivity contribution in [3.8, 4) is 5.75 Å². The Labute approximate surface area is 146 Å². The minimum absolute atomic E-state index is 0.190. The lowest BCUT2D eigenvalue weighted by Gasteiger charge is -2.20. The Kier molecular flexibility index (Phi) is 6.17. The van der Waals surface area contributed by atoms with E-state index in [1.807, 2.05) is 6.92 Å². The van der Waals surface area contributed by atoms with Crippen LogP contribution < -0.4 is 15.4 Å². The van der Waals surface area contributed by atoms with Gasteiger partial charge < -0.3 is 10.1 Å². The highest BCUT2D eigenvalue weighted by Gasteiger charge is 2.18. The molecule has 1 amide bonds. The number of ether oxygens (including phenoxy) is 1. The molecule has 0 saturated carbocycles. The Morgan fingerprint density at radius 3 is 2.54 bits per heavy atom. The maximum Gasteiger partial charge on any atom is 0.241 e. The smallest absolute Gasteiger partial charge is 0.241 e. The first-order valence-electron chi connectivity index (χ1n) is 7.57. The lowest BCUT2D eigenvalue weighted by Crippen LogP contribution is -2.39. The van der Waals surface area contributed by atoms with Crippen LogP contribution in [0.1, 0.15) is 25.5 Å². The summed E-state index contributed by atoms with van der Waals surface area (Å²) in [7, 11) is 1.42. The molecule has 0 saturated heterocycles. The molecule has 2 aromatic carbocycles. The van der Waals surface area contributed by atoms with Crippen molar-refractivity contribution < 1.29 is 13.9 Å². The molecule has 0 aliphatic carbocycles. The molecule has 2 aromatic rings. The van der Waals surface area contributed by atoms with E-state index in [9.17, 15) is 9.18 Å². The summed E-state index contributed by atoms with van der Waals surface area (Å²) in [4.78, 5) is 12.3. The van der Waals surface area contributed by atoms with Crippen LogP contribution in [0.3, 0.4) is 0 Å². The van der Waals surface area contributed by atoms with Crippen molar-refractivity contribution in [1.82, 2.24) is 5.32 Å². The van der Waals surface area contributed by atoms with Gasteiger partial charge in [-0.1, -0.05) is 29.8 Å². The van der Waals surface area contributed by atoms with Gasteiger partial charge in [-0.15, -0.1) is 0 Å². The third-order valence-electron chi connectivity index (χ3n) is 3.70. The van der Waals surface area contributed by atoms with Crippen LogP contribution in [0.25, 0.3) is 0 Å². The standard InChI is InChI=1S/C18H20ClFN2O2/c1-11(13-8-9-17(24-3)15(20)10-13)21-12(2)18(23)22-16-7-5-4-6-14(16)19/h4-12,21H,1-3H3,(H,22,23)/t11-,12+/m0/s1. The fraction of sp³-hybridized carbons (Fsp3) is 0.278. The van der Waals surface area contributed by atoms with Crippen LogP contribution in [0, 0.1) is 5.82 Å². The highest BCUT2D eigenvalue weighted by molar-refractivity contribution is 6.33.